The van der Waals surface area contributed by atoms with Crippen molar-refractivity contribution in [3.8, 4) is 28.4 Å². The summed E-state index contributed by atoms with van der Waals surface area (Å²) in [7, 11) is 0. The van der Waals surface area contributed by atoms with Gasteiger partial charge in [0.25, 0.3) is 0 Å². The van der Waals surface area contributed by atoms with Gasteiger partial charge in [-0.25, -0.2) is 0 Å². The van der Waals surface area contributed by atoms with Gasteiger partial charge in [0.05, 0.1) is 5.56 Å². The van der Waals surface area contributed by atoms with Gasteiger partial charge in [0.15, 0.2) is 6.29 Å². The molecule has 6 heteroatoms. The number of hydrogen-bond donors (Lipinski definition) is 0. The van der Waals surface area contributed by atoms with Gasteiger partial charge in [0.1, 0.15) is 17.2 Å². The Morgan fingerprint density at radius 2 is 1.33 bits per heavy atom. The Morgan fingerprint density at radius 3 is 1.87 bits per heavy atom. The first-order valence-electron chi connectivity index (χ1n) is 9.29. The fourth-order valence-corrected chi connectivity index (χ4v) is 2.90. The number of rotatable bonds is 5. The third kappa shape index (κ3) is 5.41. The molecule has 3 rings (SSSR count). The van der Waals surface area contributed by atoms with E-state index in [1.165, 1.54) is 24.3 Å². The molecule has 0 spiro atoms. The highest BCUT2D eigenvalue weighted by Gasteiger charge is 2.31. The normalized spacial score (nSPS) is 11.8. The summed E-state index contributed by atoms with van der Waals surface area (Å²) in [5.74, 6) is 0.643. The van der Waals surface area contributed by atoms with Gasteiger partial charge < -0.3 is 9.47 Å². The van der Waals surface area contributed by atoms with Gasteiger partial charge in [0.2, 0.25) is 0 Å². The van der Waals surface area contributed by atoms with Crippen LogP contribution in [0.15, 0.2) is 66.7 Å². The van der Waals surface area contributed by atoms with Gasteiger partial charge in [-0.1, -0.05) is 51.1 Å². The molecule has 0 heterocycles. The van der Waals surface area contributed by atoms with Crippen LogP contribution < -0.4 is 9.47 Å². The number of carbonyl (C=O) groups is 1. The minimum Gasteiger partial charge on any atom is -0.457 e. The quantitative estimate of drug-likeness (QED) is 0.416. The molecule has 3 aromatic rings. The topological polar surface area (TPSA) is 35.5 Å². The predicted octanol–water partition coefficient (Wildman–Crippen LogP) is 7.15. The summed E-state index contributed by atoms with van der Waals surface area (Å²) < 4.78 is 46.8. The average Bonchev–Trinajstić information content (AvgIpc) is 2.67. The molecule has 0 radical (unpaired) electrons. The molecule has 0 saturated carbocycles. The summed E-state index contributed by atoms with van der Waals surface area (Å²) in [5, 5.41) is 0. The van der Waals surface area contributed by atoms with Crippen LogP contribution in [0.5, 0.6) is 17.2 Å². The second-order valence-corrected chi connectivity index (χ2v) is 7.82. The zero-order chi connectivity index (χ0) is 21.9. The molecule has 0 unspecified atom stereocenters. The number of ether oxygens (including phenoxy) is 2. The third-order valence-corrected chi connectivity index (χ3v) is 4.51. The minimum atomic E-state index is -4.74. The lowest BCUT2D eigenvalue weighted by Crippen LogP contribution is -2.16. The number of benzene rings is 3. The molecule has 0 saturated heterocycles. The second kappa shape index (κ2) is 8.22. The molecule has 0 fully saturated rings. The van der Waals surface area contributed by atoms with Crippen LogP contribution in [-0.4, -0.2) is 12.6 Å². The lowest BCUT2D eigenvalue weighted by molar-refractivity contribution is -0.274. The van der Waals surface area contributed by atoms with E-state index in [2.05, 4.69) is 25.5 Å². The van der Waals surface area contributed by atoms with Gasteiger partial charge in [-0.2, -0.15) is 0 Å². The fraction of sp³-hybridized carbons (Fsp3) is 0.208. The molecular weight excluding hydrogens is 393 g/mol. The Morgan fingerprint density at radius 1 is 0.767 bits per heavy atom. The Balaban J connectivity index is 1.86. The molecule has 156 valence electrons. The standard InChI is InChI=1S/C24H21F3O3/c1-23(2,3)19-8-12-20(13-9-19)29-22-14-17(4-5-18(22)15-28)16-6-10-21(11-7-16)30-24(25,26)27/h4-15H,1-3H3. The van der Waals surface area contributed by atoms with Crippen LogP contribution in [0.3, 0.4) is 0 Å². The molecule has 0 N–H and O–H groups in total. The van der Waals surface area contributed by atoms with Crippen molar-refractivity contribution in [1.82, 2.24) is 0 Å². The SMILES string of the molecule is CC(C)(C)c1ccc(Oc2cc(-c3ccc(OC(F)(F)F)cc3)ccc2C=O)cc1. The highest BCUT2D eigenvalue weighted by Crippen LogP contribution is 2.33. The van der Waals surface area contributed by atoms with Gasteiger partial charge in [-0.05, 0) is 58.5 Å². The van der Waals surface area contributed by atoms with E-state index in [0.29, 0.717) is 34.5 Å². The Labute approximate surface area is 173 Å². The second-order valence-electron chi connectivity index (χ2n) is 7.82. The molecular formula is C24H21F3O3. The summed E-state index contributed by atoms with van der Waals surface area (Å²) in [6, 6.07) is 18.1. The molecule has 0 atom stereocenters. The Bertz CT molecular complexity index is 1020. The van der Waals surface area contributed by atoms with Crippen LogP contribution in [0.2, 0.25) is 0 Å². The summed E-state index contributed by atoms with van der Waals surface area (Å²) in [5.41, 5.74) is 2.89. The molecule has 0 aromatic heterocycles. The van der Waals surface area contributed by atoms with Crippen molar-refractivity contribution >= 4 is 6.29 Å². The molecule has 3 nitrogen and oxygen atoms in total. The summed E-state index contributed by atoms with van der Waals surface area (Å²) in [6.07, 6.45) is -4.04. The largest absolute Gasteiger partial charge is 0.573 e. The van der Waals surface area contributed by atoms with E-state index < -0.39 is 6.36 Å². The summed E-state index contributed by atoms with van der Waals surface area (Å²) >= 11 is 0. The molecule has 30 heavy (non-hydrogen) atoms. The number of aldehydes is 1. The average molecular weight is 414 g/mol. The van der Waals surface area contributed by atoms with Crippen molar-refractivity contribution < 1.29 is 27.4 Å². The van der Waals surface area contributed by atoms with Crippen molar-refractivity contribution in [2.45, 2.75) is 32.5 Å². The smallest absolute Gasteiger partial charge is 0.457 e. The first kappa shape index (κ1) is 21.4. The van der Waals surface area contributed by atoms with Gasteiger partial charge in [-0.15, -0.1) is 13.2 Å². The Kier molecular flexibility index (Phi) is 5.87. The lowest BCUT2D eigenvalue weighted by atomic mass is 9.87. The highest BCUT2D eigenvalue weighted by molar-refractivity contribution is 5.82. The van der Waals surface area contributed by atoms with Crippen molar-refractivity contribution in [2.24, 2.45) is 0 Å². The van der Waals surface area contributed by atoms with Gasteiger partial charge >= 0.3 is 6.36 Å². The van der Waals surface area contributed by atoms with Crippen LogP contribution in [0, 0.1) is 0 Å². The van der Waals surface area contributed by atoms with Crippen LogP contribution in [0.4, 0.5) is 13.2 Å². The number of carbonyl (C=O) groups excluding carboxylic acids is 1. The fourth-order valence-electron chi connectivity index (χ4n) is 2.90. The minimum absolute atomic E-state index is 0.00833. The zero-order valence-electron chi connectivity index (χ0n) is 16.8. The van der Waals surface area contributed by atoms with E-state index in [1.807, 2.05) is 24.3 Å². The maximum atomic E-state index is 12.3. The van der Waals surface area contributed by atoms with E-state index in [9.17, 15) is 18.0 Å². The van der Waals surface area contributed by atoms with Crippen molar-refractivity contribution in [2.75, 3.05) is 0 Å². The maximum Gasteiger partial charge on any atom is 0.573 e. The molecule has 3 aromatic carbocycles. The highest BCUT2D eigenvalue weighted by atomic mass is 19.4. The van der Waals surface area contributed by atoms with E-state index in [0.717, 1.165) is 5.56 Å². The summed E-state index contributed by atoms with van der Waals surface area (Å²) in [6.45, 7) is 6.34. The van der Waals surface area contributed by atoms with E-state index >= 15 is 0 Å². The third-order valence-electron chi connectivity index (χ3n) is 4.51. The predicted molar refractivity (Wildman–Crippen MR) is 109 cm³/mol. The number of halogens is 3. The molecule has 0 aliphatic rings. The Hall–Kier alpha value is -3.28. The molecule has 0 aliphatic carbocycles. The van der Waals surface area contributed by atoms with E-state index in [-0.39, 0.29) is 11.2 Å². The zero-order valence-corrected chi connectivity index (χ0v) is 16.8. The van der Waals surface area contributed by atoms with Crippen LogP contribution in [0.25, 0.3) is 11.1 Å². The first-order chi connectivity index (χ1) is 14.0. The van der Waals surface area contributed by atoms with Crippen molar-refractivity contribution in [3.05, 3.63) is 77.9 Å². The van der Waals surface area contributed by atoms with Crippen molar-refractivity contribution in [1.29, 1.82) is 0 Å². The molecule has 0 amide bonds. The first-order valence-corrected chi connectivity index (χ1v) is 9.29. The maximum absolute atomic E-state index is 12.3. The van der Waals surface area contributed by atoms with Crippen molar-refractivity contribution in [3.63, 3.8) is 0 Å². The summed E-state index contributed by atoms with van der Waals surface area (Å²) in [4.78, 5) is 11.4. The number of hydrogen-bond acceptors (Lipinski definition) is 3. The van der Waals surface area contributed by atoms with Crippen LogP contribution in [-0.2, 0) is 5.41 Å². The molecule has 0 bridgehead atoms. The monoisotopic (exact) mass is 414 g/mol. The molecule has 0 aliphatic heterocycles. The van der Waals surface area contributed by atoms with Crippen LogP contribution in [0.1, 0.15) is 36.7 Å². The van der Waals surface area contributed by atoms with Crippen LogP contribution >= 0.6 is 0 Å². The van der Waals surface area contributed by atoms with E-state index in [4.69, 9.17) is 4.74 Å². The van der Waals surface area contributed by atoms with Gasteiger partial charge in [-0.3, -0.25) is 4.79 Å². The number of alkyl halides is 3. The van der Waals surface area contributed by atoms with Gasteiger partial charge in [0, 0.05) is 0 Å². The van der Waals surface area contributed by atoms with E-state index in [1.54, 1.807) is 18.2 Å². The lowest BCUT2D eigenvalue weighted by Gasteiger charge is -2.19.